The molecule has 1 amide bonds. The summed E-state index contributed by atoms with van der Waals surface area (Å²) in [5.41, 5.74) is 3.16. The van der Waals surface area contributed by atoms with Crippen LogP contribution in [-0.4, -0.2) is 26.9 Å². The molecule has 24 heavy (non-hydrogen) atoms. The Morgan fingerprint density at radius 2 is 1.92 bits per heavy atom. The number of benzene rings is 1. The van der Waals surface area contributed by atoms with E-state index in [4.69, 9.17) is 0 Å². The van der Waals surface area contributed by atoms with E-state index in [1.165, 1.54) is 0 Å². The number of aromatic nitrogens is 2. The molecular formula is C20H23N3O. The van der Waals surface area contributed by atoms with E-state index >= 15 is 0 Å². The molecule has 0 bridgehead atoms. The molecule has 0 spiro atoms. The zero-order valence-corrected chi connectivity index (χ0v) is 14.3. The number of carbonyl (C=O) groups is 1. The number of fused-ring (bicyclic) bond motifs is 1. The van der Waals surface area contributed by atoms with E-state index in [1.807, 2.05) is 42.2 Å². The number of carbonyl (C=O) groups excluding carboxylic acids is 1. The molecule has 0 saturated carbocycles. The summed E-state index contributed by atoms with van der Waals surface area (Å²) < 4.78 is 2.10. The topological polar surface area (TPSA) is 38.1 Å². The summed E-state index contributed by atoms with van der Waals surface area (Å²) in [5, 5.41) is 1.07. The number of hydrogen-bond donors (Lipinski definition) is 0. The van der Waals surface area contributed by atoms with Crippen LogP contribution in [0.3, 0.4) is 0 Å². The van der Waals surface area contributed by atoms with E-state index in [0.717, 1.165) is 28.7 Å². The fourth-order valence-electron chi connectivity index (χ4n) is 3.03. The predicted molar refractivity (Wildman–Crippen MR) is 96.6 cm³/mol. The van der Waals surface area contributed by atoms with E-state index < -0.39 is 0 Å². The van der Waals surface area contributed by atoms with Crippen LogP contribution in [0.25, 0.3) is 11.0 Å². The van der Waals surface area contributed by atoms with Crippen molar-refractivity contribution in [2.45, 2.75) is 33.4 Å². The van der Waals surface area contributed by atoms with Crippen LogP contribution in [-0.2, 0) is 24.3 Å². The first-order valence-corrected chi connectivity index (χ1v) is 8.47. The second-order valence-electron chi connectivity index (χ2n) is 5.89. The minimum atomic E-state index is 0.153. The maximum atomic E-state index is 12.8. The van der Waals surface area contributed by atoms with Crippen LogP contribution in [0.2, 0.25) is 0 Å². The minimum absolute atomic E-state index is 0.153. The number of amides is 1. The standard InChI is InChI=1S/C20H23N3O/c1-3-22(14-16-9-6-5-7-10-16)19(24)13-17-15-23(4-2)20-18(17)11-8-12-21-20/h5-12,15H,3-4,13-14H2,1-2H3. The van der Waals surface area contributed by atoms with Gasteiger partial charge in [-0.25, -0.2) is 4.98 Å². The van der Waals surface area contributed by atoms with E-state index in [1.54, 1.807) is 6.20 Å². The van der Waals surface area contributed by atoms with Gasteiger partial charge in [-0.05, 0) is 37.1 Å². The molecule has 124 valence electrons. The Bertz CT molecular complexity index is 823. The van der Waals surface area contributed by atoms with Crippen LogP contribution in [0.4, 0.5) is 0 Å². The van der Waals surface area contributed by atoms with Gasteiger partial charge >= 0.3 is 0 Å². The van der Waals surface area contributed by atoms with E-state index in [9.17, 15) is 4.79 Å². The third-order valence-corrected chi connectivity index (χ3v) is 4.35. The summed E-state index contributed by atoms with van der Waals surface area (Å²) in [6.07, 6.45) is 4.27. The van der Waals surface area contributed by atoms with Crippen LogP contribution in [0, 0.1) is 0 Å². The summed E-state index contributed by atoms with van der Waals surface area (Å²) in [5.74, 6) is 0.153. The van der Waals surface area contributed by atoms with Gasteiger partial charge in [0, 0.05) is 37.4 Å². The molecule has 1 aromatic carbocycles. The fraction of sp³-hybridized carbons (Fsp3) is 0.300. The van der Waals surface area contributed by atoms with Gasteiger partial charge in [-0.1, -0.05) is 30.3 Å². The zero-order valence-electron chi connectivity index (χ0n) is 14.3. The number of likely N-dealkylation sites (N-methyl/N-ethyl adjacent to an activating group) is 1. The molecule has 3 aromatic rings. The van der Waals surface area contributed by atoms with Gasteiger partial charge in [-0.15, -0.1) is 0 Å². The summed E-state index contributed by atoms with van der Waals surface area (Å²) in [4.78, 5) is 19.1. The summed E-state index contributed by atoms with van der Waals surface area (Å²) in [6, 6.07) is 14.1. The van der Waals surface area contributed by atoms with Gasteiger partial charge in [-0.2, -0.15) is 0 Å². The van der Waals surface area contributed by atoms with Gasteiger partial charge in [-0.3, -0.25) is 4.79 Å². The normalized spacial score (nSPS) is 10.9. The van der Waals surface area contributed by atoms with Gasteiger partial charge in [0.05, 0.1) is 6.42 Å². The third kappa shape index (κ3) is 3.32. The van der Waals surface area contributed by atoms with Crippen LogP contribution in [0.1, 0.15) is 25.0 Å². The first-order chi connectivity index (χ1) is 11.7. The average molecular weight is 321 g/mol. The number of hydrogen-bond acceptors (Lipinski definition) is 2. The van der Waals surface area contributed by atoms with Crippen LogP contribution in [0.15, 0.2) is 54.9 Å². The first-order valence-electron chi connectivity index (χ1n) is 8.47. The molecule has 4 nitrogen and oxygen atoms in total. The largest absolute Gasteiger partial charge is 0.338 e. The molecule has 0 aliphatic rings. The van der Waals surface area contributed by atoms with E-state index in [-0.39, 0.29) is 5.91 Å². The lowest BCUT2D eigenvalue weighted by atomic mass is 10.1. The van der Waals surface area contributed by atoms with Gasteiger partial charge in [0.25, 0.3) is 0 Å². The van der Waals surface area contributed by atoms with Crippen LogP contribution in [0.5, 0.6) is 0 Å². The highest BCUT2D eigenvalue weighted by atomic mass is 16.2. The van der Waals surface area contributed by atoms with E-state index in [0.29, 0.717) is 19.5 Å². The van der Waals surface area contributed by atoms with Gasteiger partial charge in [0.15, 0.2) is 0 Å². The number of nitrogens with zero attached hydrogens (tertiary/aromatic N) is 3. The molecule has 4 heteroatoms. The van der Waals surface area contributed by atoms with Gasteiger partial charge < -0.3 is 9.47 Å². The Kier molecular flexibility index (Phi) is 4.94. The smallest absolute Gasteiger partial charge is 0.227 e. The second kappa shape index (κ2) is 7.30. The molecule has 0 unspecified atom stereocenters. The van der Waals surface area contributed by atoms with Crippen molar-refractivity contribution < 1.29 is 4.79 Å². The summed E-state index contributed by atoms with van der Waals surface area (Å²) in [6.45, 7) is 6.33. The molecule has 2 aromatic heterocycles. The zero-order chi connectivity index (χ0) is 16.9. The second-order valence-corrected chi connectivity index (χ2v) is 5.89. The van der Waals surface area contributed by atoms with Crippen LogP contribution < -0.4 is 0 Å². The molecule has 0 aliphatic carbocycles. The molecule has 0 radical (unpaired) electrons. The maximum Gasteiger partial charge on any atom is 0.227 e. The van der Waals surface area contributed by atoms with Crippen molar-refractivity contribution in [1.82, 2.24) is 14.5 Å². The molecule has 2 heterocycles. The number of aryl methyl sites for hydroxylation is 1. The Morgan fingerprint density at radius 1 is 1.12 bits per heavy atom. The Hall–Kier alpha value is -2.62. The monoisotopic (exact) mass is 321 g/mol. The Balaban J connectivity index is 1.81. The maximum absolute atomic E-state index is 12.8. The molecule has 0 N–H and O–H groups in total. The lowest BCUT2D eigenvalue weighted by Gasteiger charge is -2.21. The Morgan fingerprint density at radius 3 is 2.62 bits per heavy atom. The highest BCUT2D eigenvalue weighted by Crippen LogP contribution is 2.20. The van der Waals surface area contributed by atoms with Crippen molar-refractivity contribution in [2.75, 3.05) is 6.54 Å². The molecule has 0 aliphatic heterocycles. The van der Waals surface area contributed by atoms with Gasteiger partial charge in [0.1, 0.15) is 5.65 Å². The highest BCUT2D eigenvalue weighted by Gasteiger charge is 2.16. The third-order valence-electron chi connectivity index (χ3n) is 4.35. The lowest BCUT2D eigenvalue weighted by molar-refractivity contribution is -0.130. The van der Waals surface area contributed by atoms with Crippen molar-refractivity contribution in [3.63, 3.8) is 0 Å². The molecule has 0 atom stereocenters. The molecule has 0 saturated heterocycles. The van der Waals surface area contributed by atoms with Crippen molar-refractivity contribution in [1.29, 1.82) is 0 Å². The molecular weight excluding hydrogens is 298 g/mol. The van der Waals surface area contributed by atoms with Crippen molar-refractivity contribution in [2.24, 2.45) is 0 Å². The highest BCUT2D eigenvalue weighted by molar-refractivity contribution is 5.87. The molecule has 3 rings (SSSR count). The summed E-state index contributed by atoms with van der Waals surface area (Å²) >= 11 is 0. The van der Waals surface area contributed by atoms with Gasteiger partial charge in [0.2, 0.25) is 5.91 Å². The predicted octanol–water partition coefficient (Wildman–Crippen LogP) is 3.65. The Labute approximate surface area is 142 Å². The van der Waals surface area contributed by atoms with Crippen molar-refractivity contribution in [3.8, 4) is 0 Å². The average Bonchev–Trinajstić information content (AvgIpc) is 2.98. The molecule has 0 fully saturated rings. The quantitative estimate of drug-likeness (QED) is 0.695. The van der Waals surface area contributed by atoms with Crippen molar-refractivity contribution >= 4 is 16.9 Å². The number of rotatable bonds is 6. The summed E-state index contributed by atoms with van der Waals surface area (Å²) in [7, 11) is 0. The first kappa shape index (κ1) is 16.2. The van der Waals surface area contributed by atoms with Crippen molar-refractivity contribution in [3.05, 3.63) is 66.0 Å². The van der Waals surface area contributed by atoms with E-state index in [2.05, 4.69) is 34.8 Å². The SMILES string of the molecule is CCN(Cc1ccccc1)C(=O)Cc1cn(CC)c2ncccc12. The van der Waals surface area contributed by atoms with Crippen LogP contribution >= 0.6 is 0 Å². The number of pyridine rings is 1. The fourth-order valence-corrected chi connectivity index (χ4v) is 3.03. The minimum Gasteiger partial charge on any atom is -0.338 e. The lowest BCUT2D eigenvalue weighted by Crippen LogP contribution is -2.31.